The molecule has 5 aromatic rings. The van der Waals surface area contributed by atoms with Gasteiger partial charge in [0.1, 0.15) is 9.79 Å². The molecule has 16 nitrogen and oxygen atoms in total. The molecule has 8 rings (SSSR count). The minimum Gasteiger partial charge on any atom is -0.379 e. The summed E-state index contributed by atoms with van der Waals surface area (Å²) in [7, 11) is -5.25. The summed E-state index contributed by atoms with van der Waals surface area (Å²) in [5, 5.41) is 14.2. The third kappa shape index (κ3) is 20.0. The van der Waals surface area contributed by atoms with Crippen molar-refractivity contribution in [3.8, 4) is 0 Å². The maximum absolute atomic E-state index is 12.6. The number of benzene rings is 5. The molecule has 3 aliphatic rings. The zero-order valence-corrected chi connectivity index (χ0v) is 46.1. The number of anilines is 2. The first-order chi connectivity index (χ1) is 32.8. The number of hydrogen-bond acceptors (Lipinski definition) is 13. The van der Waals surface area contributed by atoms with E-state index in [9.17, 15) is 26.4 Å². The van der Waals surface area contributed by atoms with Crippen molar-refractivity contribution in [1.29, 1.82) is 0 Å². The number of carbonyl (C=O) groups excluding carboxylic acids is 2. The Morgan fingerprint density at radius 1 is 0.623 bits per heavy atom. The Bertz CT molecular complexity index is 2610. The molecule has 3 aliphatic heterocycles. The number of hydroxylamine groups is 2. The van der Waals surface area contributed by atoms with E-state index in [2.05, 4.69) is 106 Å². The van der Waals surface area contributed by atoms with Crippen LogP contribution in [-0.4, -0.2) is 127 Å². The second-order valence-electron chi connectivity index (χ2n) is 14.7. The highest BCUT2D eigenvalue weighted by Gasteiger charge is 2.20. The van der Waals surface area contributed by atoms with Crippen molar-refractivity contribution in [1.82, 2.24) is 10.4 Å². The Morgan fingerprint density at radius 3 is 1.38 bits per heavy atom. The van der Waals surface area contributed by atoms with Crippen LogP contribution in [0.4, 0.5) is 11.4 Å². The quantitative estimate of drug-likeness (QED) is 0.0776. The van der Waals surface area contributed by atoms with Crippen molar-refractivity contribution in [3.05, 3.63) is 148 Å². The Kier molecular flexibility index (Phi) is 24.8. The predicted molar refractivity (Wildman–Crippen MR) is 285 cm³/mol. The lowest BCUT2D eigenvalue weighted by atomic mass is 10.0. The van der Waals surface area contributed by atoms with Crippen LogP contribution in [0.5, 0.6) is 0 Å². The summed E-state index contributed by atoms with van der Waals surface area (Å²) in [5.74, 6) is -0.802. The number of nitrogens with one attached hydrogen (secondary N) is 1. The number of carbonyl (C=O) groups is 2. The van der Waals surface area contributed by atoms with Crippen molar-refractivity contribution in [3.63, 3.8) is 0 Å². The van der Waals surface area contributed by atoms with Gasteiger partial charge >= 0.3 is 0 Å². The van der Waals surface area contributed by atoms with Gasteiger partial charge in [-0.2, -0.15) is 0 Å². The maximum atomic E-state index is 12.6. The van der Waals surface area contributed by atoms with E-state index in [4.69, 9.17) is 52.5 Å². The molecule has 0 radical (unpaired) electrons. The van der Waals surface area contributed by atoms with E-state index in [1.54, 1.807) is 12.1 Å². The molecule has 0 aromatic heterocycles. The summed E-state index contributed by atoms with van der Waals surface area (Å²) in [6.07, 6.45) is 0. The Balaban J connectivity index is 0.000000204. The Hall–Kier alpha value is -3.27. The standard InChI is InChI=1S/C17H17ClN2O4S.C10H12BrNO.C9H11ClN2O4S.C6H4BrI.C4H9NO/c18-15-6-3-13(11-16(15)25(19,22)23)17(21)12-1-4-14(5-2-12)20-7-9-24-10-8-20;11-9-1-3-10(4-2-9)12-5-7-13-8-6-12;1-12(16-2)9(13)6-3-4-7(10)8(5-6)17(11,14)15;7-5-1-3-6(8)4-2-5;1-3-6-4-2-5-1/h1-6,11H,7-10H2,(H2,19,22,23);1-4H,5-8H2;3-5H,1-2H3,(H2,11,14,15);1-4H;5H,1-4H2. The second-order valence-corrected chi connectivity index (χ2v) is 21.7. The van der Waals surface area contributed by atoms with Gasteiger partial charge in [0.25, 0.3) is 5.91 Å². The summed E-state index contributed by atoms with van der Waals surface area (Å²) in [6.45, 7) is 10.5. The van der Waals surface area contributed by atoms with E-state index < -0.39 is 26.0 Å². The number of rotatable bonds is 8. The van der Waals surface area contributed by atoms with Gasteiger partial charge in [0, 0.05) is 86.9 Å². The number of ketones is 1. The van der Waals surface area contributed by atoms with Gasteiger partial charge < -0.3 is 29.3 Å². The van der Waals surface area contributed by atoms with Crippen LogP contribution in [0.15, 0.2) is 128 Å². The third-order valence-corrected chi connectivity index (χ3v) is 14.5. The van der Waals surface area contributed by atoms with Crippen LogP contribution in [-0.2, 0) is 39.1 Å². The van der Waals surface area contributed by atoms with Gasteiger partial charge in [0.15, 0.2) is 5.78 Å². The number of halogens is 5. The second kappa shape index (κ2) is 29.3. The summed E-state index contributed by atoms with van der Waals surface area (Å²) < 4.78 is 64.7. The van der Waals surface area contributed by atoms with Gasteiger partial charge in [-0.15, -0.1) is 0 Å². The molecule has 23 heteroatoms. The number of sulfonamides is 2. The van der Waals surface area contributed by atoms with Gasteiger partial charge in [-0.05, 0) is 132 Å². The monoisotopic (exact) mass is 1270 g/mol. The molecule has 0 bridgehead atoms. The highest BCUT2D eigenvalue weighted by atomic mass is 127. The molecule has 3 saturated heterocycles. The van der Waals surface area contributed by atoms with Crippen molar-refractivity contribution >= 4 is 121 Å². The number of nitrogens with two attached hydrogens (primary N) is 2. The molecule has 374 valence electrons. The average molecular weight is 1270 g/mol. The first-order valence-electron chi connectivity index (χ1n) is 21.0. The van der Waals surface area contributed by atoms with E-state index in [0.717, 1.165) is 91.5 Å². The van der Waals surface area contributed by atoms with E-state index in [0.29, 0.717) is 18.8 Å². The molecule has 5 aromatic carbocycles. The number of hydrogen-bond donors (Lipinski definition) is 3. The predicted octanol–water partition coefficient (Wildman–Crippen LogP) is 7.62. The van der Waals surface area contributed by atoms with E-state index in [1.165, 1.54) is 53.7 Å². The Morgan fingerprint density at radius 2 is 1.00 bits per heavy atom. The molecule has 0 unspecified atom stereocenters. The molecule has 69 heavy (non-hydrogen) atoms. The maximum Gasteiger partial charge on any atom is 0.277 e. The van der Waals surface area contributed by atoms with E-state index >= 15 is 0 Å². The van der Waals surface area contributed by atoms with Crippen LogP contribution in [0.3, 0.4) is 0 Å². The largest absolute Gasteiger partial charge is 0.379 e. The first-order valence-corrected chi connectivity index (χ1v) is 27.5. The van der Waals surface area contributed by atoms with E-state index in [-0.39, 0.29) is 36.7 Å². The number of primary sulfonamides is 2. The molecular formula is C46H53Br2Cl2IN6O10S2. The molecule has 0 atom stereocenters. The van der Waals surface area contributed by atoms with Crippen LogP contribution in [0, 0.1) is 3.57 Å². The number of ether oxygens (including phenoxy) is 3. The lowest BCUT2D eigenvalue weighted by Crippen LogP contribution is -2.36. The summed E-state index contributed by atoms with van der Waals surface area (Å²) in [6, 6.07) is 31.6. The van der Waals surface area contributed by atoms with Crippen LogP contribution in [0.2, 0.25) is 10.0 Å². The van der Waals surface area contributed by atoms with Crippen molar-refractivity contribution < 1.29 is 45.5 Å². The van der Waals surface area contributed by atoms with Crippen molar-refractivity contribution in [2.24, 2.45) is 10.3 Å². The van der Waals surface area contributed by atoms with Crippen molar-refractivity contribution in [2.75, 3.05) is 103 Å². The van der Waals surface area contributed by atoms with Crippen LogP contribution in [0.1, 0.15) is 26.3 Å². The minimum atomic E-state index is -4.00. The third-order valence-electron chi connectivity index (χ3n) is 9.90. The molecule has 1 amide bonds. The molecule has 3 fully saturated rings. The van der Waals surface area contributed by atoms with E-state index in [1.807, 2.05) is 24.3 Å². The van der Waals surface area contributed by atoms with Gasteiger partial charge in [-0.1, -0.05) is 55.1 Å². The normalized spacial score (nSPS) is 14.7. The fraction of sp³-hybridized carbons (Fsp3) is 0.304. The summed E-state index contributed by atoms with van der Waals surface area (Å²) in [4.78, 5) is 33.0. The molecule has 0 saturated carbocycles. The summed E-state index contributed by atoms with van der Waals surface area (Å²) >= 11 is 20.6. The minimum absolute atomic E-state index is 0.0123. The fourth-order valence-corrected chi connectivity index (χ4v) is 9.24. The number of nitrogens with zero attached hydrogens (tertiary/aromatic N) is 3. The zero-order chi connectivity index (χ0) is 50.6. The highest BCUT2D eigenvalue weighted by Crippen LogP contribution is 2.25. The highest BCUT2D eigenvalue weighted by molar-refractivity contribution is 14.1. The Labute approximate surface area is 444 Å². The number of morpholine rings is 3. The van der Waals surface area contributed by atoms with Crippen LogP contribution in [0.25, 0.3) is 0 Å². The van der Waals surface area contributed by atoms with Gasteiger partial charge in [0.05, 0.1) is 56.8 Å². The smallest absolute Gasteiger partial charge is 0.277 e. The fourth-order valence-electron chi connectivity index (χ4n) is 6.21. The topological polar surface area (TPSA) is 213 Å². The zero-order valence-electron chi connectivity index (χ0n) is 37.7. The lowest BCUT2D eigenvalue weighted by molar-refractivity contribution is -0.0757. The van der Waals surface area contributed by atoms with Crippen molar-refractivity contribution in [2.45, 2.75) is 9.79 Å². The van der Waals surface area contributed by atoms with Crippen LogP contribution < -0.4 is 25.4 Å². The van der Waals surface area contributed by atoms with Gasteiger partial charge in [-0.3, -0.25) is 14.4 Å². The van der Waals surface area contributed by atoms with Crippen LogP contribution >= 0.6 is 77.7 Å². The molecular weight excluding hydrogens is 1220 g/mol. The van der Waals surface area contributed by atoms with Gasteiger partial charge in [-0.25, -0.2) is 32.2 Å². The lowest BCUT2D eigenvalue weighted by Gasteiger charge is -2.28. The molecule has 5 N–H and O–H groups in total. The molecule has 0 aliphatic carbocycles. The summed E-state index contributed by atoms with van der Waals surface area (Å²) in [5.41, 5.74) is 3.09. The SMILES string of the molecule is Brc1ccc(I)cc1.Brc1ccc(N2CCOCC2)cc1.C1COCCN1.CON(C)C(=O)c1ccc(Cl)c(S(N)(=O)=O)c1.NS(=O)(=O)c1cc(C(=O)c2ccc(N3CCOCC3)cc2)ccc1Cl. The average Bonchev–Trinajstić information content (AvgIpc) is 3.36. The number of amides is 1. The molecule has 0 spiro atoms. The molecule has 3 heterocycles. The van der Waals surface area contributed by atoms with Gasteiger partial charge in [0.2, 0.25) is 20.0 Å². The first kappa shape index (κ1) is 58.3.